The summed E-state index contributed by atoms with van der Waals surface area (Å²) in [6.45, 7) is 0.901. The second-order valence-electron chi connectivity index (χ2n) is 16.5. The van der Waals surface area contributed by atoms with E-state index in [4.69, 9.17) is 15.0 Å². The van der Waals surface area contributed by atoms with Crippen molar-refractivity contribution in [1.29, 1.82) is 0 Å². The first kappa shape index (κ1) is 40.4. The molecule has 2 saturated carbocycles. The molecule has 0 spiro atoms. The normalized spacial score (nSPS) is 18.6. The molecule has 10 rings (SSSR count). The smallest absolute Gasteiger partial charge is 0.274 e. The SMILES string of the molecule is O=C(Nc1nc(C2CCC(c3ccccn3)CC2)cs1)c1cccn1Cc1ccnc(-c2ccn(Cc3ccncc3)c2C(=O)Nc2nc([C@@H]3CC[C@@H](c4ccccn4)C3)cs2)c1. The van der Waals surface area contributed by atoms with Crippen LogP contribution >= 0.6 is 22.7 Å². The van der Waals surface area contributed by atoms with Crippen molar-refractivity contribution in [2.45, 2.75) is 81.7 Å². The van der Waals surface area contributed by atoms with Crippen LogP contribution in [0.25, 0.3) is 11.3 Å². The fraction of sp³-hybridized carbons (Fsp3) is 0.265. The summed E-state index contributed by atoms with van der Waals surface area (Å²) in [7, 11) is 0. The third kappa shape index (κ3) is 9.13. The fourth-order valence-electron chi connectivity index (χ4n) is 9.24. The number of nitrogens with one attached hydrogen (secondary N) is 2. The number of carbonyl (C=O) groups excluding carboxylic acids is 2. The molecule has 12 nitrogen and oxygen atoms in total. The summed E-state index contributed by atoms with van der Waals surface area (Å²) in [6.07, 6.45) is 20.2. The van der Waals surface area contributed by atoms with E-state index in [1.165, 1.54) is 28.4 Å². The third-order valence-corrected chi connectivity index (χ3v) is 14.0. The first-order valence-electron chi connectivity index (χ1n) is 21.5. The van der Waals surface area contributed by atoms with Crippen molar-refractivity contribution in [2.24, 2.45) is 0 Å². The second-order valence-corrected chi connectivity index (χ2v) is 18.2. The van der Waals surface area contributed by atoms with Gasteiger partial charge in [0.2, 0.25) is 0 Å². The van der Waals surface area contributed by atoms with Crippen molar-refractivity contribution in [3.8, 4) is 11.3 Å². The standard InChI is InChI=1S/C49H46N10O2S2/c60-46(56-48-54-42(30-62-48)35-11-9-34(10-12-35)39-6-1-3-19-51-39)44-8-5-24-58(44)29-33-17-23-53-41(26-33)38-18-25-59(28-32-15-21-50-22-16-32)45(38)47(61)57-49-55-43(31-63-49)37-14-13-36(27-37)40-7-2-4-20-52-40/h1-8,15-26,30-31,34-37H,9-14,27-29H2,(H,54,56,60)(H,55,57,61)/t34?,35?,36-,37-/m1/s1. The van der Waals surface area contributed by atoms with Gasteiger partial charge in [0.15, 0.2) is 10.3 Å². The van der Waals surface area contributed by atoms with Crippen LogP contribution < -0.4 is 10.6 Å². The molecule has 8 aromatic heterocycles. The van der Waals surface area contributed by atoms with Gasteiger partial charge in [0, 0.05) is 108 Å². The van der Waals surface area contributed by atoms with E-state index in [0.29, 0.717) is 69.7 Å². The van der Waals surface area contributed by atoms with Gasteiger partial charge in [-0.3, -0.25) is 40.2 Å². The molecule has 14 heteroatoms. The minimum Gasteiger partial charge on any atom is -0.339 e. The minimum atomic E-state index is -0.262. The van der Waals surface area contributed by atoms with E-state index in [-0.39, 0.29) is 11.8 Å². The maximum atomic E-state index is 14.3. The summed E-state index contributed by atoms with van der Waals surface area (Å²) in [5.74, 6) is 1.12. The second kappa shape index (κ2) is 18.4. The molecule has 2 fully saturated rings. The van der Waals surface area contributed by atoms with Crippen LogP contribution in [0.1, 0.15) is 123 Å². The number of aromatic nitrogens is 8. The Morgan fingerprint density at radius 3 is 1.87 bits per heavy atom. The summed E-state index contributed by atoms with van der Waals surface area (Å²) in [6, 6.07) is 25.7. The molecule has 2 N–H and O–H groups in total. The monoisotopic (exact) mass is 870 g/mol. The fourth-order valence-corrected chi connectivity index (χ4v) is 10.8. The molecule has 2 atom stereocenters. The lowest BCUT2D eigenvalue weighted by atomic mass is 9.79. The molecule has 0 bridgehead atoms. The number of hydrogen-bond acceptors (Lipinski definition) is 10. The average molecular weight is 871 g/mol. The molecule has 0 unspecified atom stereocenters. The van der Waals surface area contributed by atoms with Gasteiger partial charge in [-0.2, -0.15) is 0 Å². The van der Waals surface area contributed by atoms with Crippen molar-refractivity contribution >= 4 is 44.8 Å². The molecule has 316 valence electrons. The van der Waals surface area contributed by atoms with Crippen LogP contribution in [-0.2, 0) is 13.1 Å². The topological polar surface area (TPSA) is 145 Å². The number of anilines is 2. The van der Waals surface area contributed by atoms with Gasteiger partial charge in [-0.05, 0) is 123 Å². The van der Waals surface area contributed by atoms with E-state index in [2.05, 4.69) is 54.5 Å². The lowest BCUT2D eigenvalue weighted by molar-refractivity contribution is 0.101. The molecular weight excluding hydrogens is 825 g/mol. The summed E-state index contributed by atoms with van der Waals surface area (Å²) in [5, 5.41) is 11.5. The van der Waals surface area contributed by atoms with Crippen LogP contribution in [0.4, 0.5) is 10.3 Å². The molecule has 0 saturated heterocycles. The Morgan fingerprint density at radius 2 is 1.17 bits per heavy atom. The molecule has 8 heterocycles. The Kier molecular flexibility index (Phi) is 11.8. The number of rotatable bonds is 13. The highest BCUT2D eigenvalue weighted by atomic mass is 32.1. The summed E-state index contributed by atoms with van der Waals surface area (Å²) >= 11 is 2.92. The zero-order valence-electron chi connectivity index (χ0n) is 34.6. The zero-order chi connectivity index (χ0) is 42.5. The van der Waals surface area contributed by atoms with Crippen molar-refractivity contribution in [2.75, 3.05) is 10.6 Å². The van der Waals surface area contributed by atoms with Crippen LogP contribution in [0.2, 0.25) is 0 Å². The predicted octanol–water partition coefficient (Wildman–Crippen LogP) is 10.5. The Labute approximate surface area is 373 Å². The van der Waals surface area contributed by atoms with Gasteiger partial charge in [-0.15, -0.1) is 22.7 Å². The van der Waals surface area contributed by atoms with Gasteiger partial charge in [0.1, 0.15) is 11.4 Å². The van der Waals surface area contributed by atoms with Crippen LogP contribution in [0.5, 0.6) is 0 Å². The molecular formula is C49H46N10O2S2. The number of pyridine rings is 4. The van der Waals surface area contributed by atoms with Crippen molar-refractivity contribution in [3.05, 3.63) is 178 Å². The van der Waals surface area contributed by atoms with Gasteiger partial charge in [0.05, 0.1) is 17.1 Å². The highest BCUT2D eigenvalue weighted by Gasteiger charge is 2.30. The maximum Gasteiger partial charge on any atom is 0.274 e. The van der Waals surface area contributed by atoms with E-state index in [1.807, 2.05) is 94.6 Å². The number of carbonyl (C=O) groups is 2. The van der Waals surface area contributed by atoms with E-state index < -0.39 is 0 Å². The molecule has 2 aliphatic rings. The Bertz CT molecular complexity index is 2810. The Morgan fingerprint density at radius 1 is 0.571 bits per heavy atom. The average Bonchev–Trinajstić information content (AvgIpc) is 4.19. The van der Waals surface area contributed by atoms with Gasteiger partial charge < -0.3 is 9.13 Å². The first-order valence-corrected chi connectivity index (χ1v) is 23.3. The minimum absolute atomic E-state index is 0.215. The van der Waals surface area contributed by atoms with Crippen LogP contribution in [-0.4, -0.2) is 50.9 Å². The van der Waals surface area contributed by atoms with E-state index >= 15 is 0 Å². The summed E-state index contributed by atoms with van der Waals surface area (Å²) in [5.41, 5.74) is 8.67. The highest BCUT2D eigenvalue weighted by Crippen LogP contribution is 2.44. The molecule has 2 aliphatic carbocycles. The van der Waals surface area contributed by atoms with Gasteiger partial charge in [-0.25, -0.2) is 9.97 Å². The number of hydrogen-bond donors (Lipinski definition) is 2. The molecule has 0 aliphatic heterocycles. The molecule has 2 amide bonds. The van der Waals surface area contributed by atoms with Gasteiger partial charge >= 0.3 is 0 Å². The van der Waals surface area contributed by atoms with Crippen LogP contribution in [0.15, 0.2) is 133 Å². The lowest BCUT2D eigenvalue weighted by Crippen LogP contribution is -2.18. The summed E-state index contributed by atoms with van der Waals surface area (Å²) < 4.78 is 3.87. The van der Waals surface area contributed by atoms with Crippen LogP contribution in [0, 0.1) is 0 Å². The van der Waals surface area contributed by atoms with Gasteiger partial charge in [-0.1, -0.05) is 12.1 Å². The molecule has 8 aromatic rings. The van der Waals surface area contributed by atoms with E-state index in [0.717, 1.165) is 73.2 Å². The lowest BCUT2D eigenvalue weighted by Gasteiger charge is -2.27. The number of thiazole rings is 2. The predicted molar refractivity (Wildman–Crippen MR) is 246 cm³/mol. The van der Waals surface area contributed by atoms with Gasteiger partial charge in [0.25, 0.3) is 11.8 Å². The van der Waals surface area contributed by atoms with E-state index in [1.54, 1.807) is 18.6 Å². The summed E-state index contributed by atoms with van der Waals surface area (Å²) in [4.78, 5) is 55.9. The number of nitrogens with zero attached hydrogens (tertiary/aromatic N) is 8. The van der Waals surface area contributed by atoms with Crippen molar-refractivity contribution < 1.29 is 9.59 Å². The first-order chi connectivity index (χ1) is 31.0. The van der Waals surface area contributed by atoms with Crippen LogP contribution in [0.3, 0.4) is 0 Å². The Hall–Kier alpha value is -6.64. The zero-order valence-corrected chi connectivity index (χ0v) is 36.2. The van der Waals surface area contributed by atoms with Crippen molar-refractivity contribution in [3.63, 3.8) is 0 Å². The van der Waals surface area contributed by atoms with Crippen molar-refractivity contribution in [1.82, 2.24) is 39.0 Å². The highest BCUT2D eigenvalue weighted by molar-refractivity contribution is 7.14. The molecule has 0 radical (unpaired) electrons. The van der Waals surface area contributed by atoms with E-state index in [9.17, 15) is 9.59 Å². The number of amides is 2. The molecule has 0 aromatic carbocycles. The maximum absolute atomic E-state index is 14.3. The quantitative estimate of drug-likeness (QED) is 0.116. The molecule has 63 heavy (non-hydrogen) atoms. The third-order valence-electron chi connectivity index (χ3n) is 12.5. The Balaban J connectivity index is 0.828. The largest absolute Gasteiger partial charge is 0.339 e.